The van der Waals surface area contributed by atoms with Crippen LogP contribution in [-0.2, 0) is 14.3 Å². The Labute approximate surface area is 188 Å². The molecule has 4 aliphatic carbocycles. The lowest BCUT2D eigenvalue weighted by molar-refractivity contribution is -0.162. The summed E-state index contributed by atoms with van der Waals surface area (Å²) in [7, 11) is 2.75. The topological polar surface area (TPSA) is 82.1 Å². The Hall–Kier alpha value is -2.57. The van der Waals surface area contributed by atoms with Gasteiger partial charge in [-0.15, -0.1) is 0 Å². The second-order valence-electron chi connectivity index (χ2n) is 10.1. The molecule has 0 aromatic heterocycles. The summed E-state index contributed by atoms with van der Waals surface area (Å²) < 4.78 is 15.7. The lowest BCUT2D eigenvalue weighted by Crippen LogP contribution is -2.56. The minimum absolute atomic E-state index is 0.170. The highest BCUT2D eigenvalue weighted by Gasteiger charge is 2.57. The molecule has 32 heavy (non-hydrogen) atoms. The van der Waals surface area contributed by atoms with Gasteiger partial charge in [-0.25, -0.2) is 9.59 Å². The van der Waals surface area contributed by atoms with Crippen molar-refractivity contribution in [1.82, 2.24) is 4.90 Å². The first kappa shape index (κ1) is 21.3. The summed E-state index contributed by atoms with van der Waals surface area (Å²) in [5.41, 5.74) is 0.0425. The molecule has 0 N–H and O–H groups in total. The normalized spacial score (nSPS) is 32.6. The van der Waals surface area contributed by atoms with E-state index in [4.69, 9.17) is 14.2 Å². The van der Waals surface area contributed by atoms with E-state index in [0.717, 1.165) is 25.7 Å². The third-order valence-corrected chi connectivity index (χ3v) is 8.07. The fourth-order valence-electron chi connectivity index (χ4n) is 7.11. The molecule has 7 heteroatoms. The highest BCUT2D eigenvalue weighted by Crippen LogP contribution is 2.60. The Morgan fingerprint density at radius 2 is 1.62 bits per heavy atom. The molecule has 0 unspecified atom stereocenters. The zero-order valence-electron chi connectivity index (χ0n) is 18.8. The van der Waals surface area contributed by atoms with Crippen molar-refractivity contribution in [1.29, 1.82) is 0 Å². The molecule has 1 aromatic carbocycles. The van der Waals surface area contributed by atoms with Crippen LogP contribution in [0.1, 0.15) is 61.7 Å². The monoisotopic (exact) mass is 441 g/mol. The van der Waals surface area contributed by atoms with Crippen LogP contribution in [0.15, 0.2) is 18.2 Å². The molecule has 0 spiro atoms. The average Bonchev–Trinajstić information content (AvgIpc) is 3.27. The van der Waals surface area contributed by atoms with Crippen molar-refractivity contribution < 1.29 is 28.6 Å². The Bertz CT molecular complexity index is 905. The number of nitrogens with zero attached hydrogens (tertiary/aromatic N) is 1. The molecule has 1 aliphatic heterocycles. The van der Waals surface area contributed by atoms with Crippen LogP contribution in [-0.4, -0.2) is 49.6 Å². The molecule has 4 saturated carbocycles. The minimum Gasteiger partial charge on any atom is -0.493 e. The zero-order chi connectivity index (χ0) is 22.5. The molecular weight excluding hydrogens is 410 g/mol. The molecule has 6 rings (SSSR count). The van der Waals surface area contributed by atoms with Crippen molar-refractivity contribution in [2.45, 2.75) is 57.4 Å². The Morgan fingerprint density at radius 3 is 2.22 bits per heavy atom. The van der Waals surface area contributed by atoms with Gasteiger partial charge in [0.1, 0.15) is 6.04 Å². The number of likely N-dealkylation sites (tertiary alicyclic amines) is 1. The molecule has 172 valence electrons. The quantitative estimate of drug-likeness (QED) is 0.513. The van der Waals surface area contributed by atoms with Gasteiger partial charge in [-0.05, 0) is 87.3 Å². The first-order chi connectivity index (χ1) is 15.4. The number of carbonyl (C=O) groups is 3. The van der Waals surface area contributed by atoms with E-state index in [1.807, 2.05) is 0 Å². The maximum absolute atomic E-state index is 13.8. The molecule has 7 nitrogen and oxygen atoms in total. The van der Waals surface area contributed by atoms with Crippen molar-refractivity contribution in [3.05, 3.63) is 23.8 Å². The van der Waals surface area contributed by atoms with Crippen molar-refractivity contribution in [2.24, 2.45) is 23.2 Å². The second kappa shape index (κ2) is 8.09. The fourth-order valence-corrected chi connectivity index (χ4v) is 7.11. The lowest BCUT2D eigenvalue weighted by Gasteiger charge is -2.56. The Balaban J connectivity index is 1.32. The van der Waals surface area contributed by atoms with Gasteiger partial charge in [0, 0.05) is 6.54 Å². The fraction of sp³-hybridized carbons (Fsp3) is 0.640. The van der Waals surface area contributed by atoms with Crippen molar-refractivity contribution >= 4 is 17.8 Å². The molecule has 0 radical (unpaired) electrons. The number of hydrogen-bond donors (Lipinski definition) is 0. The summed E-state index contributed by atoms with van der Waals surface area (Å²) >= 11 is 0. The van der Waals surface area contributed by atoms with E-state index in [0.29, 0.717) is 36.3 Å². The van der Waals surface area contributed by atoms with Crippen molar-refractivity contribution in [3.8, 4) is 11.5 Å². The van der Waals surface area contributed by atoms with Crippen LogP contribution >= 0.6 is 0 Å². The highest BCUT2D eigenvalue weighted by molar-refractivity contribution is 5.91. The number of carbonyl (C=O) groups excluding carboxylic acids is 3. The maximum atomic E-state index is 13.8. The molecule has 4 bridgehead atoms. The summed E-state index contributed by atoms with van der Waals surface area (Å²) in [5.74, 6) is 1.78. The Morgan fingerprint density at radius 1 is 0.969 bits per heavy atom. The molecular formula is C25H31NO6. The molecule has 1 heterocycles. The smallest absolute Gasteiger partial charge is 0.337 e. The minimum atomic E-state index is -0.569. The summed E-state index contributed by atoms with van der Waals surface area (Å²) in [6.45, 7) is 0.610. The van der Waals surface area contributed by atoms with Crippen LogP contribution in [0.4, 0.5) is 0 Å². The van der Waals surface area contributed by atoms with E-state index >= 15 is 0 Å². The first-order valence-electron chi connectivity index (χ1n) is 11.7. The van der Waals surface area contributed by atoms with Gasteiger partial charge in [0.15, 0.2) is 11.5 Å². The van der Waals surface area contributed by atoms with E-state index in [9.17, 15) is 14.4 Å². The van der Waals surface area contributed by atoms with Crippen LogP contribution in [0.25, 0.3) is 0 Å². The second-order valence-corrected chi connectivity index (χ2v) is 10.1. The van der Waals surface area contributed by atoms with Crippen LogP contribution in [0.3, 0.4) is 0 Å². The number of amides is 1. The van der Waals surface area contributed by atoms with Gasteiger partial charge in [0.2, 0.25) is 5.91 Å². The summed E-state index contributed by atoms with van der Waals surface area (Å²) in [6, 6.07) is 3.98. The van der Waals surface area contributed by atoms with Crippen molar-refractivity contribution in [3.63, 3.8) is 0 Å². The van der Waals surface area contributed by atoms with Gasteiger partial charge in [-0.2, -0.15) is 0 Å². The third kappa shape index (κ3) is 3.55. The van der Waals surface area contributed by atoms with Gasteiger partial charge in [0.05, 0.1) is 25.2 Å². The summed E-state index contributed by atoms with van der Waals surface area (Å²) in [5, 5.41) is 0. The third-order valence-electron chi connectivity index (χ3n) is 8.07. The molecule has 1 aromatic rings. The lowest BCUT2D eigenvalue weighted by atomic mass is 9.49. The van der Waals surface area contributed by atoms with Gasteiger partial charge >= 0.3 is 11.9 Å². The van der Waals surface area contributed by atoms with E-state index < -0.39 is 18.0 Å². The van der Waals surface area contributed by atoms with Crippen LogP contribution in [0.5, 0.6) is 11.5 Å². The molecule has 1 amide bonds. The molecule has 5 aliphatic rings. The van der Waals surface area contributed by atoms with E-state index in [1.54, 1.807) is 4.90 Å². The zero-order valence-corrected chi connectivity index (χ0v) is 18.8. The van der Waals surface area contributed by atoms with E-state index in [-0.39, 0.29) is 22.8 Å². The standard InChI is InChI=1S/C25H31NO6/c1-30-21-11-18(22(27)31-2)5-6-20(21)32-23(28)19-4-3-7-26(19)24(29)25-12-15-8-16(13-25)10-17(9-15)14-25/h5-6,11,15-17,19H,3-4,7-10,12-14H2,1-2H3/t15?,16?,17?,19-,25?/m0/s1. The summed E-state index contributed by atoms with van der Waals surface area (Å²) in [6.07, 6.45) is 8.20. The number of rotatable bonds is 5. The van der Waals surface area contributed by atoms with Crippen molar-refractivity contribution in [2.75, 3.05) is 20.8 Å². The number of esters is 2. The number of ether oxygens (including phenoxy) is 3. The predicted octanol–water partition coefficient (Wildman–Crippen LogP) is 3.59. The van der Waals surface area contributed by atoms with Crippen LogP contribution < -0.4 is 9.47 Å². The number of hydrogen-bond acceptors (Lipinski definition) is 6. The van der Waals surface area contributed by atoms with Gasteiger partial charge in [-0.1, -0.05) is 0 Å². The highest BCUT2D eigenvalue weighted by atomic mass is 16.6. The largest absolute Gasteiger partial charge is 0.493 e. The molecule has 1 atom stereocenters. The van der Waals surface area contributed by atoms with E-state index in [1.165, 1.54) is 51.7 Å². The van der Waals surface area contributed by atoms with Gasteiger partial charge in [-0.3, -0.25) is 4.79 Å². The number of benzene rings is 1. The van der Waals surface area contributed by atoms with E-state index in [2.05, 4.69) is 0 Å². The molecule has 1 saturated heterocycles. The van der Waals surface area contributed by atoms with Gasteiger partial charge < -0.3 is 19.1 Å². The SMILES string of the molecule is COC(=O)c1ccc(OC(=O)[C@@H]2CCCN2C(=O)C23CC4CC(CC(C4)C2)C3)c(OC)c1. The van der Waals surface area contributed by atoms with Crippen LogP contribution in [0.2, 0.25) is 0 Å². The molecule has 5 fully saturated rings. The predicted molar refractivity (Wildman–Crippen MR) is 115 cm³/mol. The maximum Gasteiger partial charge on any atom is 0.337 e. The number of methoxy groups -OCH3 is 2. The average molecular weight is 442 g/mol. The van der Waals surface area contributed by atoms with Gasteiger partial charge in [0.25, 0.3) is 0 Å². The first-order valence-corrected chi connectivity index (χ1v) is 11.7. The summed E-state index contributed by atoms with van der Waals surface area (Å²) in [4.78, 5) is 40.5. The Kier molecular flexibility index (Phi) is 5.38. The van der Waals surface area contributed by atoms with Crippen LogP contribution in [0, 0.1) is 23.2 Å².